The first-order valence-electron chi connectivity index (χ1n) is 13.9. The van der Waals surface area contributed by atoms with Crippen molar-refractivity contribution in [2.45, 2.75) is 110 Å². The average molecular weight is 502 g/mol. The highest BCUT2D eigenvalue weighted by molar-refractivity contribution is 7.88. The number of rotatable bonds is 21. The average Bonchev–Trinajstić information content (AvgIpc) is 2.87. The van der Waals surface area contributed by atoms with Crippen molar-refractivity contribution in [3.8, 4) is 0 Å². The molecule has 0 radical (unpaired) electrons. The largest absolute Gasteiger partial charge is 0.366 e. The number of para-hydroxylation sites is 2. The van der Waals surface area contributed by atoms with Crippen LogP contribution in [0.2, 0.25) is 0 Å². The fourth-order valence-electron chi connectivity index (χ4n) is 4.40. The molecule has 5 heteroatoms. The third kappa shape index (κ3) is 12.6. The van der Waals surface area contributed by atoms with E-state index < -0.39 is 10.3 Å². The van der Waals surface area contributed by atoms with Gasteiger partial charge in [0.15, 0.2) is 0 Å². The molecule has 0 bridgehead atoms. The predicted molar refractivity (Wildman–Crippen MR) is 149 cm³/mol. The van der Waals surface area contributed by atoms with Gasteiger partial charge in [0.1, 0.15) is 0 Å². The van der Waals surface area contributed by atoms with Crippen LogP contribution >= 0.6 is 0 Å². The zero-order valence-electron chi connectivity index (χ0n) is 21.9. The standard InChI is InChI=1S/C30H47NO3S/c1-2-3-4-5-6-7-8-9-10-11-12-13-14-15-16-23-28-34-35(32,33)31(29-24-19-17-20-25-29)30-26-21-18-22-27-30/h17-22,24-27H,2-16,23,28H2,1H3. The molecular weight excluding hydrogens is 454 g/mol. The molecule has 0 heterocycles. The summed E-state index contributed by atoms with van der Waals surface area (Å²) >= 11 is 0. The minimum atomic E-state index is -3.92. The molecule has 0 unspecified atom stereocenters. The Morgan fingerprint density at radius 3 is 1.26 bits per heavy atom. The van der Waals surface area contributed by atoms with Crippen molar-refractivity contribution in [3.05, 3.63) is 60.7 Å². The van der Waals surface area contributed by atoms with Crippen molar-refractivity contribution in [2.24, 2.45) is 0 Å². The molecule has 0 aromatic heterocycles. The maximum Gasteiger partial charge on any atom is 0.366 e. The first-order valence-corrected chi connectivity index (χ1v) is 15.3. The predicted octanol–water partition coefficient (Wildman–Crippen LogP) is 9.35. The van der Waals surface area contributed by atoms with Gasteiger partial charge in [-0.2, -0.15) is 8.42 Å². The van der Waals surface area contributed by atoms with Crippen molar-refractivity contribution >= 4 is 21.7 Å². The molecule has 2 rings (SSSR count). The zero-order chi connectivity index (χ0) is 25.0. The van der Waals surface area contributed by atoms with E-state index in [1.807, 2.05) is 36.4 Å². The molecule has 0 aliphatic rings. The molecule has 0 aliphatic heterocycles. The maximum atomic E-state index is 13.0. The zero-order valence-corrected chi connectivity index (χ0v) is 22.7. The SMILES string of the molecule is CCCCCCCCCCCCCCCCCCOS(=O)(=O)N(c1ccccc1)c1ccccc1. The Balaban J connectivity index is 1.54. The first-order chi connectivity index (χ1) is 17.1. The highest BCUT2D eigenvalue weighted by atomic mass is 32.2. The smallest absolute Gasteiger partial charge is 0.253 e. The van der Waals surface area contributed by atoms with Crippen LogP contribution in [0.1, 0.15) is 110 Å². The summed E-state index contributed by atoms with van der Waals surface area (Å²) in [6, 6.07) is 18.2. The number of hydrogen-bond acceptors (Lipinski definition) is 3. The van der Waals surface area contributed by atoms with Crippen molar-refractivity contribution in [1.82, 2.24) is 0 Å². The molecule has 196 valence electrons. The van der Waals surface area contributed by atoms with Crippen LogP contribution in [0.5, 0.6) is 0 Å². The van der Waals surface area contributed by atoms with Crippen molar-refractivity contribution < 1.29 is 12.6 Å². The lowest BCUT2D eigenvalue weighted by molar-refractivity contribution is 0.306. The van der Waals surface area contributed by atoms with Crippen molar-refractivity contribution in [2.75, 3.05) is 10.9 Å². The monoisotopic (exact) mass is 501 g/mol. The molecular formula is C30H47NO3S. The van der Waals surface area contributed by atoms with E-state index in [0.29, 0.717) is 11.4 Å². The Hall–Kier alpha value is -1.85. The molecule has 4 nitrogen and oxygen atoms in total. The summed E-state index contributed by atoms with van der Waals surface area (Å²) in [5, 5.41) is 0. The van der Waals surface area contributed by atoms with Gasteiger partial charge in [-0.1, -0.05) is 140 Å². The summed E-state index contributed by atoms with van der Waals surface area (Å²) in [7, 11) is -3.92. The molecule has 2 aromatic rings. The summed E-state index contributed by atoms with van der Waals surface area (Å²) < 4.78 is 32.7. The van der Waals surface area contributed by atoms with Crippen LogP contribution < -0.4 is 4.31 Å². The molecule has 35 heavy (non-hydrogen) atoms. The Morgan fingerprint density at radius 2 is 0.886 bits per heavy atom. The molecule has 0 atom stereocenters. The van der Waals surface area contributed by atoms with Gasteiger partial charge in [-0.25, -0.2) is 4.31 Å². The fourth-order valence-corrected chi connectivity index (χ4v) is 5.59. The fraction of sp³-hybridized carbons (Fsp3) is 0.600. The topological polar surface area (TPSA) is 46.6 Å². The summed E-state index contributed by atoms with van der Waals surface area (Å²) in [4.78, 5) is 0. The van der Waals surface area contributed by atoms with E-state index in [0.717, 1.165) is 19.3 Å². The van der Waals surface area contributed by atoms with E-state index >= 15 is 0 Å². The molecule has 0 saturated heterocycles. The molecule has 0 spiro atoms. The van der Waals surface area contributed by atoms with E-state index in [4.69, 9.17) is 4.18 Å². The molecule has 0 fully saturated rings. The number of unbranched alkanes of at least 4 members (excludes halogenated alkanes) is 15. The van der Waals surface area contributed by atoms with Crippen LogP contribution in [0, 0.1) is 0 Å². The second-order valence-corrected chi connectivity index (χ2v) is 11.0. The molecule has 0 aliphatic carbocycles. The van der Waals surface area contributed by atoms with Gasteiger partial charge in [0.25, 0.3) is 0 Å². The summed E-state index contributed by atoms with van der Waals surface area (Å²) in [5.41, 5.74) is 1.15. The lowest BCUT2D eigenvalue weighted by Crippen LogP contribution is -2.28. The van der Waals surface area contributed by atoms with E-state index in [1.165, 1.54) is 87.8 Å². The van der Waals surface area contributed by atoms with E-state index in [-0.39, 0.29) is 6.61 Å². The Labute approximate surface area is 215 Å². The third-order valence-electron chi connectivity index (χ3n) is 6.44. The highest BCUT2D eigenvalue weighted by Gasteiger charge is 2.25. The van der Waals surface area contributed by atoms with Gasteiger partial charge in [0.2, 0.25) is 0 Å². The van der Waals surface area contributed by atoms with Gasteiger partial charge in [0.05, 0.1) is 18.0 Å². The van der Waals surface area contributed by atoms with Crippen LogP contribution in [-0.2, 0) is 14.5 Å². The second kappa shape index (κ2) is 18.4. The van der Waals surface area contributed by atoms with E-state index in [9.17, 15) is 8.42 Å². The quantitative estimate of drug-likeness (QED) is 0.160. The number of hydrogen-bond donors (Lipinski definition) is 0. The molecule has 0 N–H and O–H groups in total. The minimum Gasteiger partial charge on any atom is -0.253 e. The lowest BCUT2D eigenvalue weighted by Gasteiger charge is -2.23. The first kappa shape index (κ1) is 29.4. The minimum absolute atomic E-state index is 0.219. The lowest BCUT2D eigenvalue weighted by atomic mass is 10.0. The molecule has 0 amide bonds. The Bertz CT molecular complexity index is 816. The molecule has 0 saturated carbocycles. The number of nitrogens with zero attached hydrogens (tertiary/aromatic N) is 1. The van der Waals surface area contributed by atoms with Crippen LogP contribution in [-0.4, -0.2) is 15.0 Å². The summed E-state index contributed by atoms with van der Waals surface area (Å²) in [6.45, 7) is 2.49. The Morgan fingerprint density at radius 1 is 0.543 bits per heavy atom. The van der Waals surface area contributed by atoms with Crippen molar-refractivity contribution in [1.29, 1.82) is 0 Å². The van der Waals surface area contributed by atoms with Gasteiger partial charge in [-0.15, -0.1) is 0 Å². The van der Waals surface area contributed by atoms with Gasteiger partial charge < -0.3 is 0 Å². The van der Waals surface area contributed by atoms with Crippen LogP contribution in [0.3, 0.4) is 0 Å². The Kier molecular flexibility index (Phi) is 15.5. The highest BCUT2D eigenvalue weighted by Crippen LogP contribution is 2.29. The number of anilines is 2. The van der Waals surface area contributed by atoms with Crippen LogP contribution in [0.25, 0.3) is 0 Å². The third-order valence-corrected chi connectivity index (χ3v) is 7.77. The second-order valence-electron chi connectivity index (χ2n) is 9.52. The molecule has 2 aromatic carbocycles. The van der Waals surface area contributed by atoms with Gasteiger partial charge >= 0.3 is 10.3 Å². The van der Waals surface area contributed by atoms with Gasteiger partial charge in [0, 0.05) is 0 Å². The normalized spacial score (nSPS) is 11.6. The maximum absolute atomic E-state index is 13.0. The summed E-state index contributed by atoms with van der Waals surface area (Å²) in [5.74, 6) is 0. The van der Waals surface area contributed by atoms with Crippen LogP contribution in [0.4, 0.5) is 11.4 Å². The van der Waals surface area contributed by atoms with E-state index in [2.05, 4.69) is 6.92 Å². The van der Waals surface area contributed by atoms with E-state index in [1.54, 1.807) is 24.3 Å². The van der Waals surface area contributed by atoms with Gasteiger partial charge in [-0.3, -0.25) is 4.18 Å². The van der Waals surface area contributed by atoms with Crippen LogP contribution in [0.15, 0.2) is 60.7 Å². The summed E-state index contributed by atoms with van der Waals surface area (Å²) in [6.07, 6.45) is 20.7. The number of benzene rings is 2. The van der Waals surface area contributed by atoms with Gasteiger partial charge in [-0.05, 0) is 30.7 Å². The van der Waals surface area contributed by atoms with Crippen molar-refractivity contribution in [3.63, 3.8) is 0 Å².